The second-order valence-electron chi connectivity index (χ2n) is 7.29. The molecule has 1 unspecified atom stereocenters. The highest BCUT2D eigenvalue weighted by Gasteiger charge is 2.33. The van der Waals surface area contributed by atoms with Crippen LogP contribution in [0.15, 0.2) is 54.6 Å². The van der Waals surface area contributed by atoms with Gasteiger partial charge in [-0.3, -0.25) is 4.79 Å². The number of rotatable bonds is 4. The van der Waals surface area contributed by atoms with Crippen LogP contribution in [0.4, 0.5) is 16.2 Å². The fourth-order valence-electron chi connectivity index (χ4n) is 3.76. The van der Waals surface area contributed by atoms with Crippen molar-refractivity contribution in [3.63, 3.8) is 0 Å². The van der Waals surface area contributed by atoms with Crippen molar-refractivity contribution >= 4 is 23.3 Å². The van der Waals surface area contributed by atoms with Gasteiger partial charge in [0.2, 0.25) is 0 Å². The van der Waals surface area contributed by atoms with Gasteiger partial charge in [-0.05, 0) is 49.2 Å². The molecule has 0 spiro atoms. The van der Waals surface area contributed by atoms with Crippen molar-refractivity contribution in [1.82, 2.24) is 4.90 Å². The molecule has 2 aromatic carbocycles. The lowest BCUT2D eigenvalue weighted by Gasteiger charge is -2.34. The molecule has 1 atom stereocenters. The molecule has 0 saturated carbocycles. The first-order chi connectivity index (χ1) is 14.2. The molecule has 29 heavy (non-hydrogen) atoms. The van der Waals surface area contributed by atoms with Gasteiger partial charge < -0.3 is 25.0 Å². The number of likely N-dealkylation sites (tertiary alicyclic amines) is 1. The zero-order chi connectivity index (χ0) is 20.1. The number of carbonyl (C=O) groups excluding carboxylic acids is 2. The van der Waals surface area contributed by atoms with Crippen LogP contribution >= 0.6 is 0 Å². The fourth-order valence-corrected chi connectivity index (χ4v) is 3.76. The van der Waals surface area contributed by atoms with Gasteiger partial charge in [0.05, 0.1) is 13.2 Å². The molecule has 152 valence electrons. The molecule has 2 aromatic rings. The third-order valence-corrected chi connectivity index (χ3v) is 5.20. The Morgan fingerprint density at radius 3 is 2.24 bits per heavy atom. The van der Waals surface area contributed by atoms with Gasteiger partial charge in [0.1, 0.15) is 0 Å². The van der Waals surface area contributed by atoms with Gasteiger partial charge in [-0.25, -0.2) is 4.79 Å². The maximum absolute atomic E-state index is 12.9. The van der Waals surface area contributed by atoms with E-state index in [4.69, 9.17) is 9.47 Å². The smallest absolute Gasteiger partial charge is 0.323 e. The highest BCUT2D eigenvalue weighted by Crippen LogP contribution is 2.26. The number of nitrogens with zero attached hydrogens (tertiary/aromatic N) is 1. The Bertz CT molecular complexity index is 835. The first-order valence-corrected chi connectivity index (χ1v) is 9.94. The second-order valence-corrected chi connectivity index (χ2v) is 7.29. The van der Waals surface area contributed by atoms with Crippen molar-refractivity contribution in [3.8, 4) is 0 Å². The molecule has 0 aromatic heterocycles. The average Bonchev–Trinajstić information content (AvgIpc) is 3.30. The molecular formula is C22H25N3O4. The molecule has 0 aliphatic carbocycles. The van der Waals surface area contributed by atoms with Crippen LogP contribution < -0.4 is 10.6 Å². The van der Waals surface area contributed by atoms with Crippen LogP contribution in [0.2, 0.25) is 0 Å². The fraction of sp³-hybridized carbons (Fsp3) is 0.364. The molecule has 4 rings (SSSR count). The third-order valence-electron chi connectivity index (χ3n) is 5.20. The number of urea groups is 1. The van der Waals surface area contributed by atoms with Crippen molar-refractivity contribution in [1.29, 1.82) is 0 Å². The number of anilines is 2. The minimum atomic E-state index is -0.328. The summed E-state index contributed by atoms with van der Waals surface area (Å²) in [6.45, 7) is 2.63. The molecule has 7 nitrogen and oxygen atoms in total. The van der Waals surface area contributed by atoms with E-state index in [1.54, 1.807) is 24.3 Å². The van der Waals surface area contributed by atoms with Gasteiger partial charge in [-0.2, -0.15) is 0 Å². The van der Waals surface area contributed by atoms with E-state index in [2.05, 4.69) is 10.6 Å². The van der Waals surface area contributed by atoms with E-state index in [-0.39, 0.29) is 24.1 Å². The summed E-state index contributed by atoms with van der Waals surface area (Å²) in [6.07, 6.45) is 1.76. The van der Waals surface area contributed by atoms with Crippen LogP contribution in [-0.2, 0) is 9.47 Å². The number of amides is 3. The van der Waals surface area contributed by atoms with Crippen LogP contribution in [-0.4, -0.2) is 49.4 Å². The average molecular weight is 395 g/mol. The number of carbonyl (C=O) groups is 2. The summed E-state index contributed by atoms with van der Waals surface area (Å²) in [5.74, 6) is 0.214. The van der Waals surface area contributed by atoms with E-state index >= 15 is 0 Å². The number of hydrogen-bond donors (Lipinski definition) is 2. The predicted octanol–water partition coefficient (Wildman–Crippen LogP) is 3.56. The molecule has 0 bridgehead atoms. The topological polar surface area (TPSA) is 79.9 Å². The molecular weight excluding hydrogens is 370 g/mol. The maximum atomic E-state index is 12.9. The Morgan fingerprint density at radius 2 is 1.55 bits per heavy atom. The molecule has 7 heteroatoms. The number of piperidine rings is 1. The van der Waals surface area contributed by atoms with Crippen molar-refractivity contribution < 1.29 is 19.1 Å². The van der Waals surface area contributed by atoms with Crippen molar-refractivity contribution in [2.24, 2.45) is 5.92 Å². The quantitative estimate of drug-likeness (QED) is 0.830. The van der Waals surface area contributed by atoms with Crippen LogP contribution in [0.5, 0.6) is 0 Å². The lowest BCUT2D eigenvalue weighted by molar-refractivity contribution is -0.0969. The normalized spacial score (nSPS) is 19.7. The number of ether oxygens (including phenoxy) is 2. The molecule has 2 N–H and O–H groups in total. The Hall–Kier alpha value is -2.90. The number of hydrogen-bond acceptors (Lipinski definition) is 4. The summed E-state index contributed by atoms with van der Waals surface area (Å²) in [7, 11) is 0. The Kier molecular flexibility index (Phi) is 6.07. The van der Waals surface area contributed by atoms with Crippen LogP contribution in [0.1, 0.15) is 23.2 Å². The minimum absolute atomic E-state index is 0.00650. The molecule has 2 heterocycles. The highest BCUT2D eigenvalue weighted by molar-refractivity contribution is 6.00. The Morgan fingerprint density at radius 1 is 0.897 bits per heavy atom. The first-order valence-electron chi connectivity index (χ1n) is 9.94. The van der Waals surface area contributed by atoms with E-state index in [1.807, 2.05) is 35.2 Å². The van der Waals surface area contributed by atoms with Crippen LogP contribution in [0.3, 0.4) is 0 Å². The summed E-state index contributed by atoms with van der Waals surface area (Å²) in [4.78, 5) is 26.8. The SMILES string of the molecule is O=C(Nc1ccccc1)Nc1ccc(C(=O)N2CCCC(C3OCCO3)C2)cc1. The van der Waals surface area contributed by atoms with Gasteiger partial charge in [0.25, 0.3) is 5.91 Å². The third kappa shape index (κ3) is 4.93. The lowest BCUT2D eigenvalue weighted by Crippen LogP contribution is -2.43. The lowest BCUT2D eigenvalue weighted by atomic mass is 9.96. The maximum Gasteiger partial charge on any atom is 0.323 e. The van der Waals surface area contributed by atoms with E-state index in [9.17, 15) is 9.59 Å². The van der Waals surface area contributed by atoms with Crippen molar-refractivity contribution in [2.45, 2.75) is 19.1 Å². The van der Waals surface area contributed by atoms with Crippen molar-refractivity contribution in [3.05, 3.63) is 60.2 Å². The molecule has 0 radical (unpaired) electrons. The van der Waals surface area contributed by atoms with E-state index in [0.29, 0.717) is 36.7 Å². The molecule has 2 aliphatic rings. The number of nitrogens with one attached hydrogen (secondary N) is 2. The molecule has 2 fully saturated rings. The van der Waals surface area contributed by atoms with Crippen molar-refractivity contribution in [2.75, 3.05) is 36.9 Å². The summed E-state index contributed by atoms with van der Waals surface area (Å²) in [6, 6.07) is 15.9. The summed E-state index contributed by atoms with van der Waals surface area (Å²) in [5, 5.41) is 5.53. The monoisotopic (exact) mass is 395 g/mol. The van der Waals surface area contributed by atoms with Crippen LogP contribution in [0, 0.1) is 5.92 Å². The second kappa shape index (κ2) is 9.07. The van der Waals surface area contributed by atoms with E-state index in [1.165, 1.54) is 0 Å². The molecule has 2 aliphatic heterocycles. The minimum Gasteiger partial charge on any atom is -0.350 e. The van der Waals surface area contributed by atoms with Gasteiger partial charge >= 0.3 is 6.03 Å². The number of benzene rings is 2. The summed E-state index contributed by atoms with van der Waals surface area (Å²) < 4.78 is 11.2. The Balaban J connectivity index is 1.33. The molecule has 2 saturated heterocycles. The standard InChI is InChI=1S/C22H25N3O4/c26-20(25-12-4-5-17(15-25)21-28-13-14-29-21)16-8-10-19(11-9-16)24-22(27)23-18-6-2-1-3-7-18/h1-3,6-11,17,21H,4-5,12-15H2,(H2,23,24,27). The Labute approximate surface area is 170 Å². The summed E-state index contributed by atoms with van der Waals surface area (Å²) in [5.41, 5.74) is 1.94. The van der Waals surface area contributed by atoms with Gasteiger partial charge in [0, 0.05) is 35.9 Å². The zero-order valence-corrected chi connectivity index (χ0v) is 16.2. The van der Waals surface area contributed by atoms with Gasteiger partial charge in [-0.15, -0.1) is 0 Å². The highest BCUT2D eigenvalue weighted by atomic mass is 16.7. The number of para-hydroxylation sites is 1. The predicted molar refractivity (Wildman–Crippen MR) is 110 cm³/mol. The van der Waals surface area contributed by atoms with E-state index < -0.39 is 0 Å². The first kappa shape index (κ1) is 19.4. The van der Waals surface area contributed by atoms with E-state index in [0.717, 1.165) is 19.4 Å². The molecule has 3 amide bonds. The van der Waals surface area contributed by atoms with Crippen LogP contribution in [0.25, 0.3) is 0 Å². The largest absolute Gasteiger partial charge is 0.350 e. The van der Waals surface area contributed by atoms with Gasteiger partial charge in [-0.1, -0.05) is 18.2 Å². The van der Waals surface area contributed by atoms with Gasteiger partial charge in [0.15, 0.2) is 6.29 Å². The zero-order valence-electron chi connectivity index (χ0n) is 16.2. The summed E-state index contributed by atoms with van der Waals surface area (Å²) >= 11 is 0.